The van der Waals surface area contributed by atoms with Crippen LogP contribution < -0.4 is 0 Å². The van der Waals surface area contributed by atoms with Crippen molar-refractivity contribution in [2.24, 2.45) is 5.92 Å². The van der Waals surface area contributed by atoms with Crippen LogP contribution in [0.5, 0.6) is 0 Å². The number of hydrogen-bond donors (Lipinski definition) is 0. The summed E-state index contributed by atoms with van der Waals surface area (Å²) in [5.41, 5.74) is 0. The summed E-state index contributed by atoms with van der Waals surface area (Å²) in [7, 11) is 0. The topological polar surface area (TPSA) is 36.3 Å². The maximum absolute atomic E-state index is 9.24. The maximum Gasteiger partial charge on any atom is 0.0674 e. The van der Waals surface area contributed by atoms with Crippen LogP contribution in [0.1, 0.15) is 39.5 Å². The van der Waals surface area contributed by atoms with Gasteiger partial charge in [0, 0.05) is 18.6 Å². The Labute approximate surface area is 98.4 Å². The van der Waals surface area contributed by atoms with E-state index in [0.29, 0.717) is 18.2 Å². The minimum absolute atomic E-state index is 0.238. The van der Waals surface area contributed by atoms with E-state index in [4.69, 9.17) is 4.74 Å². The molecule has 3 nitrogen and oxygen atoms in total. The first-order valence-corrected chi connectivity index (χ1v) is 6.49. The smallest absolute Gasteiger partial charge is 0.0674 e. The average molecular weight is 222 g/mol. The van der Waals surface area contributed by atoms with Gasteiger partial charge in [-0.05, 0) is 26.7 Å². The van der Waals surface area contributed by atoms with Crippen LogP contribution in [0.25, 0.3) is 0 Å². The van der Waals surface area contributed by atoms with Crippen molar-refractivity contribution >= 4 is 0 Å². The Balaban J connectivity index is 2.05. The summed E-state index contributed by atoms with van der Waals surface area (Å²) in [5.74, 6) is 0.238. The Bertz CT molecular complexity index is 274. The molecular formula is C13H22N2O. The molecule has 0 bridgehead atoms. The van der Waals surface area contributed by atoms with E-state index in [9.17, 15) is 5.26 Å². The van der Waals surface area contributed by atoms with Crippen molar-refractivity contribution in [1.29, 1.82) is 5.26 Å². The lowest BCUT2D eigenvalue weighted by Gasteiger charge is -2.45. The van der Waals surface area contributed by atoms with Gasteiger partial charge in [-0.15, -0.1) is 0 Å². The standard InChI is InChI=1S/C13H22N2O/c1-10-9-16-11(2)8-15(10)13-6-4-3-5-12(13)7-14/h10-13H,3-6,8-9H2,1-2H3. The molecule has 2 fully saturated rings. The first-order chi connectivity index (χ1) is 7.72. The van der Waals surface area contributed by atoms with Gasteiger partial charge in [-0.25, -0.2) is 0 Å². The summed E-state index contributed by atoms with van der Waals surface area (Å²) in [4.78, 5) is 2.52. The lowest BCUT2D eigenvalue weighted by molar-refractivity contribution is -0.0765. The summed E-state index contributed by atoms with van der Waals surface area (Å²) in [5, 5.41) is 9.24. The van der Waals surface area contributed by atoms with Crippen LogP contribution in [-0.2, 0) is 4.74 Å². The third-order valence-corrected chi connectivity index (χ3v) is 3.98. The highest BCUT2D eigenvalue weighted by atomic mass is 16.5. The monoisotopic (exact) mass is 222 g/mol. The molecule has 1 saturated carbocycles. The van der Waals surface area contributed by atoms with Crippen molar-refractivity contribution in [3.05, 3.63) is 0 Å². The van der Waals surface area contributed by atoms with E-state index in [2.05, 4.69) is 24.8 Å². The molecule has 0 aromatic rings. The SMILES string of the molecule is CC1CN(C2CCCCC2C#N)C(C)CO1. The van der Waals surface area contributed by atoms with Crippen molar-refractivity contribution < 1.29 is 4.74 Å². The van der Waals surface area contributed by atoms with Gasteiger partial charge in [-0.1, -0.05) is 12.8 Å². The second-order valence-corrected chi connectivity index (χ2v) is 5.28. The van der Waals surface area contributed by atoms with Gasteiger partial charge in [0.1, 0.15) is 0 Å². The van der Waals surface area contributed by atoms with Crippen LogP contribution in [0.4, 0.5) is 0 Å². The predicted molar refractivity (Wildman–Crippen MR) is 62.9 cm³/mol. The van der Waals surface area contributed by atoms with Gasteiger partial charge in [0.05, 0.1) is 24.7 Å². The second-order valence-electron chi connectivity index (χ2n) is 5.28. The van der Waals surface area contributed by atoms with Crippen LogP contribution >= 0.6 is 0 Å². The molecule has 1 aliphatic carbocycles. The van der Waals surface area contributed by atoms with Crippen molar-refractivity contribution in [1.82, 2.24) is 4.90 Å². The van der Waals surface area contributed by atoms with E-state index in [1.54, 1.807) is 0 Å². The van der Waals surface area contributed by atoms with E-state index >= 15 is 0 Å². The Hall–Kier alpha value is -0.590. The van der Waals surface area contributed by atoms with E-state index in [1.807, 2.05) is 0 Å². The summed E-state index contributed by atoms with van der Waals surface area (Å²) in [6.45, 7) is 6.15. The van der Waals surface area contributed by atoms with Crippen molar-refractivity contribution in [2.75, 3.05) is 13.2 Å². The fraction of sp³-hybridized carbons (Fsp3) is 0.923. The maximum atomic E-state index is 9.24. The minimum Gasteiger partial charge on any atom is -0.376 e. The van der Waals surface area contributed by atoms with Crippen LogP contribution in [0.2, 0.25) is 0 Å². The zero-order valence-electron chi connectivity index (χ0n) is 10.4. The van der Waals surface area contributed by atoms with E-state index in [1.165, 1.54) is 19.3 Å². The van der Waals surface area contributed by atoms with E-state index in [-0.39, 0.29) is 5.92 Å². The van der Waals surface area contributed by atoms with Gasteiger partial charge < -0.3 is 4.74 Å². The highest BCUT2D eigenvalue weighted by Gasteiger charge is 2.35. The summed E-state index contributed by atoms with van der Waals surface area (Å²) in [6, 6.07) is 3.44. The Kier molecular flexibility index (Phi) is 3.83. The molecule has 3 heteroatoms. The van der Waals surface area contributed by atoms with Crippen molar-refractivity contribution in [3.8, 4) is 6.07 Å². The molecule has 4 unspecified atom stereocenters. The lowest BCUT2D eigenvalue weighted by atomic mass is 9.83. The number of nitrogens with zero attached hydrogens (tertiary/aromatic N) is 2. The zero-order valence-corrected chi connectivity index (χ0v) is 10.4. The van der Waals surface area contributed by atoms with Gasteiger partial charge in [0.25, 0.3) is 0 Å². The molecule has 0 spiro atoms. The largest absolute Gasteiger partial charge is 0.376 e. The highest BCUT2D eigenvalue weighted by Crippen LogP contribution is 2.30. The molecular weight excluding hydrogens is 200 g/mol. The predicted octanol–water partition coefficient (Wildman–Crippen LogP) is 2.18. The fourth-order valence-corrected chi connectivity index (χ4v) is 3.05. The third kappa shape index (κ3) is 2.39. The van der Waals surface area contributed by atoms with Gasteiger partial charge in [-0.3, -0.25) is 4.90 Å². The quantitative estimate of drug-likeness (QED) is 0.682. The Morgan fingerprint density at radius 1 is 1.25 bits per heavy atom. The number of nitriles is 1. The van der Waals surface area contributed by atoms with Gasteiger partial charge in [-0.2, -0.15) is 5.26 Å². The molecule has 1 aliphatic heterocycles. The van der Waals surface area contributed by atoms with Gasteiger partial charge >= 0.3 is 0 Å². The average Bonchev–Trinajstić information content (AvgIpc) is 2.32. The molecule has 4 atom stereocenters. The Morgan fingerprint density at radius 2 is 2.00 bits per heavy atom. The normalized spacial score (nSPS) is 41.6. The van der Waals surface area contributed by atoms with Crippen LogP contribution in [0, 0.1) is 17.2 Å². The Morgan fingerprint density at radius 3 is 2.75 bits per heavy atom. The molecule has 0 aromatic heterocycles. The summed E-state index contributed by atoms with van der Waals surface area (Å²) in [6.07, 6.45) is 5.09. The molecule has 0 amide bonds. The molecule has 1 saturated heterocycles. The summed E-state index contributed by atoms with van der Waals surface area (Å²) < 4.78 is 5.66. The second kappa shape index (κ2) is 5.16. The van der Waals surface area contributed by atoms with Gasteiger partial charge in [0.15, 0.2) is 0 Å². The van der Waals surface area contributed by atoms with Crippen LogP contribution in [-0.4, -0.2) is 36.2 Å². The summed E-state index contributed by atoms with van der Waals surface area (Å²) >= 11 is 0. The van der Waals surface area contributed by atoms with E-state index in [0.717, 1.165) is 19.6 Å². The molecule has 90 valence electrons. The molecule has 0 aromatic carbocycles. The van der Waals surface area contributed by atoms with Gasteiger partial charge in [0.2, 0.25) is 0 Å². The lowest BCUT2D eigenvalue weighted by Crippen LogP contribution is -2.54. The number of morpholine rings is 1. The minimum atomic E-state index is 0.238. The van der Waals surface area contributed by atoms with Crippen LogP contribution in [0.15, 0.2) is 0 Å². The first-order valence-electron chi connectivity index (χ1n) is 6.49. The zero-order chi connectivity index (χ0) is 11.5. The molecule has 0 N–H and O–H groups in total. The fourth-order valence-electron chi connectivity index (χ4n) is 3.05. The number of rotatable bonds is 1. The molecule has 2 rings (SSSR count). The van der Waals surface area contributed by atoms with Crippen molar-refractivity contribution in [3.63, 3.8) is 0 Å². The van der Waals surface area contributed by atoms with E-state index < -0.39 is 0 Å². The molecule has 0 radical (unpaired) electrons. The number of ether oxygens (including phenoxy) is 1. The molecule has 2 aliphatic rings. The van der Waals surface area contributed by atoms with Crippen LogP contribution in [0.3, 0.4) is 0 Å². The number of hydrogen-bond acceptors (Lipinski definition) is 3. The van der Waals surface area contributed by atoms with Crippen molar-refractivity contribution in [2.45, 2.75) is 57.7 Å². The molecule has 16 heavy (non-hydrogen) atoms. The highest BCUT2D eigenvalue weighted by molar-refractivity contribution is 4.97. The first kappa shape index (κ1) is 11.9. The molecule has 1 heterocycles. The third-order valence-electron chi connectivity index (χ3n) is 3.98.